The summed E-state index contributed by atoms with van der Waals surface area (Å²) in [5, 5.41) is 6.25. The van der Waals surface area contributed by atoms with E-state index in [9.17, 15) is 40.7 Å². The molecule has 42 heavy (non-hydrogen) atoms. The van der Waals surface area contributed by atoms with Crippen molar-refractivity contribution in [2.45, 2.75) is 25.7 Å². The lowest BCUT2D eigenvalue weighted by atomic mass is 9.80. The van der Waals surface area contributed by atoms with Gasteiger partial charge in [-0.3, -0.25) is 14.4 Å². The molecule has 0 saturated carbocycles. The van der Waals surface area contributed by atoms with E-state index in [1.165, 1.54) is 29.2 Å². The Morgan fingerprint density at radius 3 is 2.19 bits per heavy atom. The van der Waals surface area contributed by atoms with Gasteiger partial charge < -0.3 is 15.5 Å². The van der Waals surface area contributed by atoms with Gasteiger partial charge in [0, 0.05) is 49.6 Å². The van der Waals surface area contributed by atoms with Gasteiger partial charge in [0.2, 0.25) is 5.91 Å². The Kier molecular flexibility index (Phi) is 8.87. The first kappa shape index (κ1) is 30.9. The maximum atomic E-state index is 14.9. The number of ketones is 1. The molecule has 3 aromatic rings. The first-order valence-electron chi connectivity index (χ1n) is 12.5. The van der Waals surface area contributed by atoms with E-state index in [0.29, 0.717) is 17.4 Å². The summed E-state index contributed by atoms with van der Waals surface area (Å²) in [5.74, 6) is -3.28. The van der Waals surface area contributed by atoms with Gasteiger partial charge in [-0.15, -0.1) is 11.3 Å². The number of piperazine rings is 1. The average Bonchev–Trinajstić information content (AvgIpc) is 3.38. The average molecular weight is 611 g/mol. The molecule has 2 amide bonds. The molecule has 1 fully saturated rings. The van der Waals surface area contributed by atoms with E-state index in [1.807, 2.05) is 0 Å². The van der Waals surface area contributed by atoms with E-state index < -0.39 is 75.4 Å². The minimum absolute atomic E-state index is 0.0211. The van der Waals surface area contributed by atoms with Gasteiger partial charge in [0.25, 0.3) is 5.91 Å². The first-order valence-corrected chi connectivity index (χ1v) is 13.4. The largest absolute Gasteiger partial charge is 0.417 e. The fourth-order valence-electron chi connectivity index (χ4n) is 4.84. The van der Waals surface area contributed by atoms with Crippen molar-refractivity contribution in [1.82, 2.24) is 15.2 Å². The lowest BCUT2D eigenvalue weighted by Crippen LogP contribution is -2.47. The van der Waals surface area contributed by atoms with Crippen LogP contribution < -0.4 is 10.6 Å². The minimum Gasteiger partial charge on any atom is -0.336 e. The molecule has 0 unspecified atom stereocenters. The second kappa shape index (κ2) is 12.1. The van der Waals surface area contributed by atoms with Crippen molar-refractivity contribution in [3.63, 3.8) is 0 Å². The summed E-state index contributed by atoms with van der Waals surface area (Å²) < 4.78 is 89.5. The van der Waals surface area contributed by atoms with Crippen LogP contribution in [0, 0.1) is 0 Å². The van der Waals surface area contributed by atoms with Crippen LogP contribution in [0.15, 0.2) is 48.4 Å². The quantitative estimate of drug-likeness (QED) is 0.200. The summed E-state index contributed by atoms with van der Waals surface area (Å²) in [4.78, 5) is 43.8. The molecule has 0 bridgehead atoms. The van der Waals surface area contributed by atoms with Crippen molar-refractivity contribution in [2.75, 3.05) is 31.5 Å². The number of carbonyl (C=O) groups excluding carboxylic acids is 3. The minimum atomic E-state index is -5.54. The molecule has 0 aliphatic carbocycles. The molecule has 2 N–H and O–H groups in total. The number of aromatic nitrogens is 1. The number of alkyl halides is 6. The van der Waals surface area contributed by atoms with Crippen molar-refractivity contribution < 1.29 is 40.7 Å². The van der Waals surface area contributed by atoms with Crippen molar-refractivity contribution >= 4 is 34.1 Å². The number of halogens is 6. The highest BCUT2D eigenvalue weighted by atomic mass is 32.1. The number of nitrogens with one attached hydrogen (secondary N) is 2. The zero-order valence-electron chi connectivity index (χ0n) is 22.1. The van der Waals surface area contributed by atoms with Crippen LogP contribution in [-0.2, 0) is 23.6 Å². The van der Waals surface area contributed by atoms with E-state index in [-0.39, 0.29) is 36.9 Å². The summed E-state index contributed by atoms with van der Waals surface area (Å²) in [6, 6.07) is 7.58. The number of carbonyl (C=O) groups is 3. The smallest absolute Gasteiger partial charge is 0.336 e. The van der Waals surface area contributed by atoms with E-state index >= 15 is 0 Å². The molecular formula is C28H24F6N4O3S. The molecule has 0 spiro atoms. The molecule has 222 valence electrons. The van der Waals surface area contributed by atoms with Gasteiger partial charge in [0.15, 0.2) is 10.9 Å². The van der Waals surface area contributed by atoms with Gasteiger partial charge in [-0.1, -0.05) is 36.9 Å². The van der Waals surface area contributed by atoms with E-state index in [2.05, 4.69) is 22.2 Å². The zero-order valence-corrected chi connectivity index (χ0v) is 22.9. The Bertz CT molecular complexity index is 1530. The molecule has 7 nitrogen and oxygen atoms in total. The molecule has 0 radical (unpaired) electrons. The van der Waals surface area contributed by atoms with Gasteiger partial charge in [0.05, 0.1) is 22.4 Å². The third-order valence-corrected chi connectivity index (χ3v) is 7.25. The second-order valence-corrected chi connectivity index (χ2v) is 10.2. The number of allylic oxidation sites excluding steroid dienone is 1. The highest BCUT2D eigenvalue weighted by Crippen LogP contribution is 2.49. The summed E-state index contributed by atoms with van der Waals surface area (Å²) in [7, 11) is 0. The molecule has 0 atom stereocenters. The van der Waals surface area contributed by atoms with Crippen LogP contribution in [-0.4, -0.2) is 53.7 Å². The van der Waals surface area contributed by atoms with Crippen molar-refractivity contribution in [1.29, 1.82) is 0 Å². The van der Waals surface area contributed by atoms with Crippen LogP contribution in [0.25, 0.3) is 11.3 Å². The number of rotatable bonds is 7. The number of hydrogen-bond acceptors (Lipinski definition) is 6. The summed E-state index contributed by atoms with van der Waals surface area (Å²) in [6.07, 6.45) is -11.3. The third kappa shape index (κ3) is 6.39. The number of anilines is 1. The fraction of sp³-hybridized carbons (Fsp3) is 0.286. The van der Waals surface area contributed by atoms with Crippen molar-refractivity contribution in [3.05, 3.63) is 81.7 Å². The second-order valence-electron chi connectivity index (χ2n) is 9.34. The van der Waals surface area contributed by atoms with Gasteiger partial charge >= 0.3 is 12.4 Å². The van der Waals surface area contributed by atoms with Crippen LogP contribution in [0.2, 0.25) is 0 Å². The topological polar surface area (TPSA) is 91.4 Å². The zero-order chi connectivity index (χ0) is 30.8. The fourth-order valence-corrected chi connectivity index (χ4v) is 5.59. The SMILES string of the molecule is C=CC(=O)c1c(C(F)(F)F)c(Cc2ccccc2)c(C(=O)N2CCNCC2)c(-c2csc(NC(C)=O)n2)c1C(F)(F)F. The Hall–Kier alpha value is -4.04. The summed E-state index contributed by atoms with van der Waals surface area (Å²) in [5.41, 5.74) is -8.36. The van der Waals surface area contributed by atoms with Crippen LogP contribution in [0.5, 0.6) is 0 Å². The summed E-state index contributed by atoms with van der Waals surface area (Å²) >= 11 is 0.715. The number of amides is 2. The molecule has 1 aliphatic heterocycles. The van der Waals surface area contributed by atoms with E-state index in [1.54, 1.807) is 6.07 Å². The molecule has 14 heteroatoms. The van der Waals surface area contributed by atoms with Crippen molar-refractivity contribution in [2.24, 2.45) is 0 Å². The van der Waals surface area contributed by atoms with Crippen LogP contribution >= 0.6 is 11.3 Å². The standard InChI is InChI=1S/C28H24F6N4O3S/c1-3-19(40)22-23(27(29,30)31)17(13-16-7-5-4-6-8-16)20(25(41)38-11-9-35-10-12-38)21(24(22)28(32,33)34)18-14-42-26(37-18)36-15(2)39/h3-8,14,35H,1,9-13H2,2H3,(H,36,37,39). The highest BCUT2D eigenvalue weighted by Gasteiger charge is 2.49. The third-order valence-electron chi connectivity index (χ3n) is 6.49. The molecule has 2 heterocycles. The maximum Gasteiger partial charge on any atom is 0.417 e. The Morgan fingerprint density at radius 1 is 1.02 bits per heavy atom. The van der Waals surface area contributed by atoms with E-state index in [0.717, 1.165) is 12.3 Å². The van der Waals surface area contributed by atoms with Crippen LogP contribution in [0.4, 0.5) is 31.5 Å². The lowest BCUT2D eigenvalue weighted by Gasteiger charge is -2.32. The maximum absolute atomic E-state index is 14.9. The predicted octanol–water partition coefficient (Wildman–Crippen LogP) is 5.81. The van der Waals surface area contributed by atoms with Gasteiger partial charge in [-0.25, -0.2) is 4.98 Å². The normalized spacial score (nSPS) is 14.0. The van der Waals surface area contributed by atoms with Crippen LogP contribution in [0.3, 0.4) is 0 Å². The summed E-state index contributed by atoms with van der Waals surface area (Å²) in [6.45, 7) is 4.85. The Morgan fingerprint density at radius 2 is 1.64 bits per heavy atom. The highest BCUT2D eigenvalue weighted by molar-refractivity contribution is 7.14. The van der Waals surface area contributed by atoms with Crippen molar-refractivity contribution in [3.8, 4) is 11.3 Å². The molecule has 1 aliphatic rings. The molecule has 1 saturated heterocycles. The van der Waals surface area contributed by atoms with Gasteiger partial charge in [-0.2, -0.15) is 26.3 Å². The monoisotopic (exact) mass is 610 g/mol. The van der Waals surface area contributed by atoms with E-state index in [4.69, 9.17) is 0 Å². The predicted molar refractivity (Wildman–Crippen MR) is 144 cm³/mol. The number of benzene rings is 2. The van der Waals surface area contributed by atoms with Gasteiger partial charge in [0.1, 0.15) is 0 Å². The number of thiazole rings is 1. The molecular weight excluding hydrogens is 586 g/mol. The Balaban J connectivity index is 2.24. The molecule has 4 rings (SSSR count). The number of nitrogens with zero attached hydrogens (tertiary/aromatic N) is 2. The Labute approximate surface area is 240 Å². The van der Waals surface area contributed by atoms with Gasteiger partial charge in [-0.05, 0) is 23.6 Å². The molecule has 2 aromatic carbocycles. The number of hydrogen-bond donors (Lipinski definition) is 2. The van der Waals surface area contributed by atoms with Crippen LogP contribution in [0.1, 0.15) is 49.9 Å². The lowest BCUT2D eigenvalue weighted by molar-refractivity contribution is -0.143. The molecule has 1 aromatic heterocycles. The first-order chi connectivity index (χ1) is 19.7.